The second-order valence-corrected chi connectivity index (χ2v) is 7.61. The number of carbonyl (C=O) groups excluding carboxylic acids is 1. The Bertz CT molecular complexity index is 833. The predicted molar refractivity (Wildman–Crippen MR) is 92.5 cm³/mol. The van der Waals surface area contributed by atoms with Crippen molar-refractivity contribution in [3.8, 4) is 0 Å². The van der Waals surface area contributed by atoms with Gasteiger partial charge < -0.3 is 9.88 Å². The van der Waals surface area contributed by atoms with Gasteiger partial charge in [0, 0.05) is 28.6 Å². The second kappa shape index (κ2) is 5.49. The average Bonchev–Trinajstić information content (AvgIpc) is 3.04. The molecule has 118 valence electrons. The smallest absolute Gasteiger partial charge is 0.226 e. The molecule has 1 aliphatic rings. The molecule has 3 aromatic rings. The fourth-order valence-corrected chi connectivity index (χ4v) is 4.16. The third kappa shape index (κ3) is 2.77. The highest BCUT2D eigenvalue weighted by atomic mass is 32.1. The largest absolute Gasteiger partial charge is 0.340 e. The molecule has 0 aliphatic heterocycles. The van der Waals surface area contributed by atoms with Gasteiger partial charge in [0.1, 0.15) is 5.82 Å². The number of thiophene rings is 1. The first kappa shape index (κ1) is 14.5. The number of nitrogens with one attached hydrogen (secondary N) is 1. The Morgan fingerprint density at radius 1 is 1.35 bits per heavy atom. The number of fused-ring (bicyclic) bond motifs is 1. The molecule has 2 heterocycles. The van der Waals surface area contributed by atoms with E-state index in [1.165, 1.54) is 9.75 Å². The normalized spacial score (nSPS) is 19.9. The molecule has 4 nitrogen and oxygen atoms in total. The van der Waals surface area contributed by atoms with Gasteiger partial charge in [-0.15, -0.1) is 11.3 Å². The summed E-state index contributed by atoms with van der Waals surface area (Å²) in [6.45, 7) is 2.64. The van der Waals surface area contributed by atoms with Crippen LogP contribution in [0.1, 0.15) is 27.9 Å². The van der Waals surface area contributed by atoms with Crippen LogP contribution >= 0.6 is 11.3 Å². The van der Waals surface area contributed by atoms with Gasteiger partial charge in [0.15, 0.2) is 0 Å². The number of para-hydroxylation sites is 2. The fourth-order valence-electron chi connectivity index (χ4n) is 3.10. The summed E-state index contributed by atoms with van der Waals surface area (Å²) in [5.41, 5.74) is 1.96. The van der Waals surface area contributed by atoms with Crippen LogP contribution in [0.15, 0.2) is 36.4 Å². The van der Waals surface area contributed by atoms with Crippen LogP contribution in [0.3, 0.4) is 0 Å². The maximum atomic E-state index is 12.6. The number of amides is 1. The van der Waals surface area contributed by atoms with Crippen molar-refractivity contribution in [2.24, 2.45) is 5.92 Å². The van der Waals surface area contributed by atoms with Gasteiger partial charge in [-0.1, -0.05) is 12.1 Å². The molecule has 0 bridgehead atoms. The molecule has 0 unspecified atom stereocenters. The van der Waals surface area contributed by atoms with E-state index in [2.05, 4.69) is 29.0 Å². The monoisotopic (exact) mass is 325 g/mol. The number of rotatable bonds is 4. The average molecular weight is 325 g/mol. The Hall–Kier alpha value is -2.14. The van der Waals surface area contributed by atoms with Crippen LogP contribution < -0.4 is 0 Å². The molecular formula is C18H19N3OS. The van der Waals surface area contributed by atoms with E-state index < -0.39 is 0 Å². The number of carbonyl (C=O) groups is 1. The van der Waals surface area contributed by atoms with Crippen LogP contribution in [0, 0.1) is 12.8 Å². The minimum absolute atomic E-state index is 0.141. The standard InChI is InChI=1S/C18H19N3OS/c1-11-7-8-16(23-11)12-9-13(12)18(22)21(2)10-17-19-14-5-3-4-6-15(14)20-17/h3-8,12-13H,9-10H2,1-2H3,(H,19,20)/t12-,13+/m1/s1. The molecule has 0 radical (unpaired) electrons. The quantitative estimate of drug-likeness (QED) is 0.795. The first-order valence-electron chi connectivity index (χ1n) is 7.87. The number of imidazole rings is 1. The van der Waals surface area contributed by atoms with Gasteiger partial charge in [0.05, 0.1) is 17.6 Å². The summed E-state index contributed by atoms with van der Waals surface area (Å²) in [5.74, 6) is 1.62. The van der Waals surface area contributed by atoms with Crippen LogP contribution in [0.2, 0.25) is 0 Å². The lowest BCUT2D eigenvalue weighted by molar-refractivity contribution is -0.132. The maximum Gasteiger partial charge on any atom is 0.226 e. The molecule has 2 aromatic heterocycles. The highest BCUT2D eigenvalue weighted by Gasteiger charge is 2.45. The third-order valence-electron chi connectivity index (χ3n) is 4.44. The van der Waals surface area contributed by atoms with Crippen LogP contribution in [-0.4, -0.2) is 27.8 Å². The zero-order valence-corrected chi connectivity index (χ0v) is 14.1. The zero-order valence-electron chi connectivity index (χ0n) is 13.2. The first-order valence-corrected chi connectivity index (χ1v) is 8.68. The summed E-state index contributed by atoms with van der Waals surface area (Å²) < 4.78 is 0. The summed E-state index contributed by atoms with van der Waals surface area (Å²) in [6, 6.07) is 12.2. The van der Waals surface area contributed by atoms with Crippen molar-refractivity contribution < 1.29 is 4.79 Å². The lowest BCUT2D eigenvalue weighted by Gasteiger charge is -2.15. The molecule has 1 aliphatic carbocycles. The number of aromatic amines is 1. The molecule has 1 N–H and O–H groups in total. The van der Waals surface area contributed by atoms with E-state index in [0.717, 1.165) is 23.3 Å². The molecule has 0 saturated heterocycles. The number of H-pyrrole nitrogens is 1. The molecule has 23 heavy (non-hydrogen) atoms. The van der Waals surface area contributed by atoms with Gasteiger partial charge in [-0.3, -0.25) is 4.79 Å². The minimum Gasteiger partial charge on any atom is -0.340 e. The topological polar surface area (TPSA) is 49.0 Å². The number of hydrogen-bond acceptors (Lipinski definition) is 3. The van der Waals surface area contributed by atoms with E-state index in [9.17, 15) is 4.79 Å². The summed E-state index contributed by atoms with van der Waals surface area (Å²) in [7, 11) is 1.87. The Balaban J connectivity index is 1.43. The predicted octanol–water partition coefficient (Wildman–Crippen LogP) is 3.69. The molecular weight excluding hydrogens is 306 g/mol. The Kier molecular flexibility index (Phi) is 3.45. The number of aryl methyl sites for hydroxylation is 1. The summed E-state index contributed by atoms with van der Waals surface area (Å²) in [6.07, 6.45) is 0.975. The molecule has 5 heteroatoms. The van der Waals surface area contributed by atoms with Crippen molar-refractivity contribution in [3.63, 3.8) is 0 Å². The van der Waals surface area contributed by atoms with Gasteiger partial charge in [-0.2, -0.15) is 0 Å². The SMILES string of the molecule is Cc1ccc([C@@H]2C[C@@H]2C(=O)N(C)Cc2nc3ccccc3[nH]2)s1. The van der Waals surface area contributed by atoms with Crippen LogP contribution in [-0.2, 0) is 11.3 Å². The van der Waals surface area contributed by atoms with Crippen molar-refractivity contribution >= 4 is 28.3 Å². The molecule has 0 spiro atoms. The van der Waals surface area contributed by atoms with Gasteiger partial charge in [-0.05, 0) is 37.6 Å². The van der Waals surface area contributed by atoms with E-state index in [-0.39, 0.29) is 11.8 Å². The van der Waals surface area contributed by atoms with Crippen LogP contribution in [0.25, 0.3) is 11.0 Å². The van der Waals surface area contributed by atoms with E-state index in [4.69, 9.17) is 0 Å². The lowest BCUT2D eigenvalue weighted by atomic mass is 10.2. The summed E-state index contributed by atoms with van der Waals surface area (Å²) in [4.78, 5) is 24.9. The zero-order chi connectivity index (χ0) is 16.0. The third-order valence-corrected chi connectivity index (χ3v) is 5.57. The highest BCUT2D eigenvalue weighted by molar-refractivity contribution is 7.12. The van der Waals surface area contributed by atoms with Gasteiger partial charge in [-0.25, -0.2) is 4.98 Å². The number of aromatic nitrogens is 2. The number of benzene rings is 1. The second-order valence-electron chi connectivity index (χ2n) is 6.29. The van der Waals surface area contributed by atoms with Crippen molar-refractivity contribution in [3.05, 3.63) is 52.0 Å². The Morgan fingerprint density at radius 3 is 2.91 bits per heavy atom. The minimum atomic E-state index is 0.141. The molecule has 1 fully saturated rings. The van der Waals surface area contributed by atoms with E-state index in [1.807, 2.05) is 42.6 Å². The van der Waals surface area contributed by atoms with Gasteiger partial charge in [0.2, 0.25) is 5.91 Å². The molecule has 1 aromatic carbocycles. The highest BCUT2D eigenvalue weighted by Crippen LogP contribution is 2.50. The maximum absolute atomic E-state index is 12.6. The Morgan fingerprint density at radius 2 is 2.17 bits per heavy atom. The van der Waals surface area contributed by atoms with Gasteiger partial charge in [0.25, 0.3) is 0 Å². The van der Waals surface area contributed by atoms with E-state index in [0.29, 0.717) is 12.5 Å². The number of nitrogens with zero attached hydrogens (tertiary/aromatic N) is 2. The summed E-state index contributed by atoms with van der Waals surface area (Å²) >= 11 is 1.81. The van der Waals surface area contributed by atoms with Crippen molar-refractivity contribution in [2.45, 2.75) is 25.8 Å². The van der Waals surface area contributed by atoms with Crippen LogP contribution in [0.5, 0.6) is 0 Å². The molecule has 4 rings (SSSR count). The van der Waals surface area contributed by atoms with E-state index in [1.54, 1.807) is 4.90 Å². The molecule has 1 saturated carbocycles. The summed E-state index contributed by atoms with van der Waals surface area (Å²) in [5, 5.41) is 0. The lowest BCUT2D eigenvalue weighted by Crippen LogP contribution is -2.28. The Labute approximate surface area is 139 Å². The molecule has 2 atom stereocenters. The molecule has 1 amide bonds. The van der Waals surface area contributed by atoms with Crippen molar-refractivity contribution in [2.75, 3.05) is 7.05 Å². The van der Waals surface area contributed by atoms with Crippen molar-refractivity contribution in [1.29, 1.82) is 0 Å². The van der Waals surface area contributed by atoms with E-state index >= 15 is 0 Å². The first-order chi connectivity index (χ1) is 11.1. The van der Waals surface area contributed by atoms with Crippen molar-refractivity contribution in [1.82, 2.24) is 14.9 Å². The number of hydrogen-bond donors (Lipinski definition) is 1. The van der Waals surface area contributed by atoms with Crippen LogP contribution in [0.4, 0.5) is 0 Å². The fraction of sp³-hybridized carbons (Fsp3) is 0.333. The van der Waals surface area contributed by atoms with Gasteiger partial charge >= 0.3 is 0 Å².